The summed E-state index contributed by atoms with van der Waals surface area (Å²) >= 11 is 0. The van der Waals surface area contributed by atoms with Crippen molar-refractivity contribution < 1.29 is 37.8 Å². The van der Waals surface area contributed by atoms with Crippen molar-refractivity contribution in [1.29, 1.82) is 0 Å². The summed E-state index contributed by atoms with van der Waals surface area (Å²) < 4.78 is 21.6. The first-order chi connectivity index (χ1) is 20.7. The lowest BCUT2D eigenvalue weighted by molar-refractivity contribution is -0.147. The van der Waals surface area contributed by atoms with Crippen LogP contribution in [0.5, 0.6) is 17.2 Å². The van der Waals surface area contributed by atoms with E-state index in [1.807, 2.05) is 13.0 Å². The summed E-state index contributed by atoms with van der Waals surface area (Å²) in [6, 6.07) is 22.2. The van der Waals surface area contributed by atoms with Crippen LogP contribution in [0.15, 0.2) is 89.5 Å². The van der Waals surface area contributed by atoms with Crippen LogP contribution in [0, 0.1) is 12.8 Å². The van der Waals surface area contributed by atoms with Crippen molar-refractivity contribution in [2.45, 2.75) is 33.1 Å². The molecule has 0 bridgehead atoms. The highest BCUT2D eigenvalue weighted by molar-refractivity contribution is 6.01. The largest absolute Gasteiger partial charge is 0.457 e. The molecule has 4 aromatic rings. The fourth-order valence-electron chi connectivity index (χ4n) is 4.74. The lowest BCUT2D eigenvalue weighted by Gasteiger charge is -2.18. The molecule has 5 rings (SSSR count). The Morgan fingerprint density at radius 2 is 1.67 bits per heavy atom. The molecule has 1 aromatic heterocycles. The molecule has 1 aliphatic rings. The Balaban J connectivity index is 1.13. The molecule has 9 nitrogen and oxygen atoms in total. The van der Waals surface area contributed by atoms with Crippen LogP contribution < -0.4 is 14.4 Å². The number of aryl methyl sites for hydroxylation is 1. The van der Waals surface area contributed by atoms with Crippen LogP contribution in [-0.4, -0.2) is 36.8 Å². The Labute approximate surface area is 249 Å². The zero-order valence-corrected chi connectivity index (χ0v) is 24.1. The topological polar surface area (TPSA) is 112 Å². The van der Waals surface area contributed by atoms with Crippen molar-refractivity contribution in [2.75, 3.05) is 18.1 Å². The molecular weight excluding hydrogens is 550 g/mol. The summed E-state index contributed by atoms with van der Waals surface area (Å²) in [6.45, 7) is 5.91. The predicted octanol–water partition coefficient (Wildman–Crippen LogP) is 6.50. The van der Waals surface area contributed by atoms with Gasteiger partial charge < -0.3 is 23.5 Å². The van der Waals surface area contributed by atoms with Crippen molar-refractivity contribution in [2.24, 2.45) is 5.92 Å². The number of ether oxygens (including phenoxy) is 3. The molecule has 0 unspecified atom stereocenters. The highest BCUT2D eigenvalue weighted by atomic mass is 16.5. The van der Waals surface area contributed by atoms with Crippen LogP contribution in [0.25, 0.3) is 0 Å². The molecule has 9 heteroatoms. The maximum absolute atomic E-state index is 12.7. The standard InChI is InChI=1S/C34H31NO8/c1-21(2)28-15-6-22(3)17-31(28)42-26-13-9-25(10-14-26)35-19-24(18-32(35)37)33(38)41-20-29(36)23-7-11-27(12-8-23)43-34(39)30-5-4-16-40-30/h4-17,21,24H,18-20H2,1-3H3/t24-/m1/s1. The maximum Gasteiger partial charge on any atom is 0.379 e. The number of esters is 2. The van der Waals surface area contributed by atoms with Gasteiger partial charge >= 0.3 is 11.9 Å². The van der Waals surface area contributed by atoms with E-state index in [2.05, 4.69) is 26.0 Å². The summed E-state index contributed by atoms with van der Waals surface area (Å²) in [4.78, 5) is 51.6. The second kappa shape index (κ2) is 12.8. The van der Waals surface area contributed by atoms with E-state index in [1.165, 1.54) is 41.5 Å². The second-order valence-corrected chi connectivity index (χ2v) is 10.6. The monoisotopic (exact) mass is 581 g/mol. The number of amides is 1. The van der Waals surface area contributed by atoms with E-state index >= 15 is 0 Å². The molecule has 0 aliphatic carbocycles. The molecule has 1 fully saturated rings. The normalized spacial score (nSPS) is 14.6. The minimum atomic E-state index is -0.694. The van der Waals surface area contributed by atoms with E-state index in [4.69, 9.17) is 18.6 Å². The number of hydrogen-bond acceptors (Lipinski definition) is 8. The van der Waals surface area contributed by atoms with Gasteiger partial charge in [0.25, 0.3) is 0 Å². The molecular formula is C34H31NO8. The van der Waals surface area contributed by atoms with Gasteiger partial charge in [0, 0.05) is 24.2 Å². The van der Waals surface area contributed by atoms with Crippen LogP contribution in [-0.2, 0) is 14.3 Å². The first-order valence-electron chi connectivity index (χ1n) is 13.9. The summed E-state index contributed by atoms with van der Waals surface area (Å²) in [5.74, 6) is -0.586. The minimum Gasteiger partial charge on any atom is -0.457 e. The van der Waals surface area contributed by atoms with Gasteiger partial charge in [-0.25, -0.2) is 4.79 Å². The first kappa shape index (κ1) is 29.3. The van der Waals surface area contributed by atoms with E-state index < -0.39 is 30.2 Å². The molecule has 1 saturated heterocycles. The highest BCUT2D eigenvalue weighted by Gasteiger charge is 2.36. The predicted molar refractivity (Wildman–Crippen MR) is 158 cm³/mol. The van der Waals surface area contributed by atoms with Crippen molar-refractivity contribution >= 4 is 29.3 Å². The molecule has 3 aromatic carbocycles. The number of furan rings is 1. The highest BCUT2D eigenvalue weighted by Crippen LogP contribution is 2.33. The summed E-state index contributed by atoms with van der Waals surface area (Å²) in [5, 5.41) is 0. The van der Waals surface area contributed by atoms with E-state index in [0.717, 1.165) is 16.9 Å². The summed E-state index contributed by atoms with van der Waals surface area (Å²) in [6.07, 6.45) is 1.35. The van der Waals surface area contributed by atoms with Gasteiger partial charge in [0.2, 0.25) is 11.7 Å². The number of anilines is 1. The van der Waals surface area contributed by atoms with Gasteiger partial charge in [-0.05, 0) is 90.7 Å². The molecule has 1 amide bonds. The van der Waals surface area contributed by atoms with Gasteiger partial charge in [-0.1, -0.05) is 26.0 Å². The number of benzene rings is 3. The van der Waals surface area contributed by atoms with Crippen molar-refractivity contribution in [3.63, 3.8) is 0 Å². The maximum atomic E-state index is 12.7. The Hall–Kier alpha value is -5.18. The van der Waals surface area contributed by atoms with Crippen molar-refractivity contribution in [3.8, 4) is 17.2 Å². The van der Waals surface area contributed by atoms with Gasteiger partial charge in [-0.2, -0.15) is 0 Å². The van der Waals surface area contributed by atoms with Gasteiger partial charge in [-0.15, -0.1) is 0 Å². The quantitative estimate of drug-likeness (QED) is 0.118. The average Bonchev–Trinajstić information content (AvgIpc) is 3.67. The lowest BCUT2D eigenvalue weighted by atomic mass is 10.0. The van der Waals surface area contributed by atoms with Crippen LogP contribution in [0.2, 0.25) is 0 Å². The van der Waals surface area contributed by atoms with E-state index in [9.17, 15) is 19.2 Å². The van der Waals surface area contributed by atoms with Crippen LogP contribution in [0.3, 0.4) is 0 Å². The summed E-state index contributed by atoms with van der Waals surface area (Å²) in [7, 11) is 0. The average molecular weight is 582 g/mol. The van der Waals surface area contributed by atoms with Crippen molar-refractivity contribution in [3.05, 3.63) is 108 Å². The van der Waals surface area contributed by atoms with Crippen LogP contribution >= 0.6 is 0 Å². The Morgan fingerprint density at radius 1 is 0.953 bits per heavy atom. The second-order valence-electron chi connectivity index (χ2n) is 10.6. The lowest BCUT2D eigenvalue weighted by Crippen LogP contribution is -2.27. The van der Waals surface area contributed by atoms with E-state index in [-0.39, 0.29) is 35.9 Å². The fourth-order valence-corrected chi connectivity index (χ4v) is 4.74. The molecule has 1 atom stereocenters. The fraction of sp³-hybridized carbons (Fsp3) is 0.235. The molecule has 1 aliphatic heterocycles. The third kappa shape index (κ3) is 7.01. The molecule has 43 heavy (non-hydrogen) atoms. The SMILES string of the molecule is Cc1ccc(C(C)C)c(Oc2ccc(N3C[C@H](C(=O)OCC(=O)c4ccc(OC(=O)c5ccco5)cc4)CC3=O)cc2)c1. The number of carbonyl (C=O) groups is 4. The van der Waals surface area contributed by atoms with Crippen LogP contribution in [0.4, 0.5) is 5.69 Å². The summed E-state index contributed by atoms with van der Waals surface area (Å²) in [5.41, 5.74) is 3.13. The molecule has 0 radical (unpaired) electrons. The molecule has 2 heterocycles. The van der Waals surface area contributed by atoms with Crippen LogP contribution in [0.1, 0.15) is 58.2 Å². The van der Waals surface area contributed by atoms with Gasteiger partial charge in [0.1, 0.15) is 17.2 Å². The van der Waals surface area contributed by atoms with E-state index in [1.54, 1.807) is 30.3 Å². The minimum absolute atomic E-state index is 0.0119. The Bertz CT molecular complexity index is 1620. The van der Waals surface area contributed by atoms with Crippen molar-refractivity contribution in [1.82, 2.24) is 0 Å². The molecule has 0 spiro atoms. The zero-order chi connectivity index (χ0) is 30.5. The third-order valence-electron chi connectivity index (χ3n) is 7.08. The number of rotatable bonds is 10. The Morgan fingerprint density at radius 3 is 2.35 bits per heavy atom. The molecule has 0 N–H and O–H groups in total. The first-order valence-corrected chi connectivity index (χ1v) is 13.9. The molecule has 0 saturated carbocycles. The van der Waals surface area contributed by atoms with Gasteiger partial charge in [0.15, 0.2) is 12.4 Å². The molecule has 220 valence electrons. The number of Topliss-reactive ketones (excluding diaryl/α,β-unsaturated/α-hetero) is 1. The van der Waals surface area contributed by atoms with Gasteiger partial charge in [-0.3, -0.25) is 14.4 Å². The number of nitrogens with zero attached hydrogens (tertiary/aromatic N) is 1. The Kier molecular flexibility index (Phi) is 8.71. The van der Waals surface area contributed by atoms with E-state index in [0.29, 0.717) is 17.4 Å². The number of hydrogen-bond donors (Lipinski definition) is 0. The number of carbonyl (C=O) groups excluding carboxylic acids is 4. The number of ketones is 1. The third-order valence-corrected chi connectivity index (χ3v) is 7.08. The van der Waals surface area contributed by atoms with Gasteiger partial charge in [0.05, 0.1) is 12.2 Å². The smallest absolute Gasteiger partial charge is 0.379 e. The zero-order valence-electron chi connectivity index (χ0n) is 24.1.